The molecule has 10 heteroatoms. The van der Waals surface area contributed by atoms with E-state index in [0.29, 0.717) is 18.1 Å². The fourth-order valence-corrected chi connectivity index (χ4v) is 4.36. The molecule has 2 heterocycles. The van der Waals surface area contributed by atoms with E-state index in [0.717, 1.165) is 62.2 Å². The minimum atomic E-state index is -0.276. The van der Waals surface area contributed by atoms with Gasteiger partial charge in [0.1, 0.15) is 0 Å². The zero-order valence-electron chi connectivity index (χ0n) is 17.9. The molecule has 1 aromatic carbocycles. The first-order valence-corrected chi connectivity index (χ1v) is 11.5. The highest BCUT2D eigenvalue weighted by Gasteiger charge is 2.19. The van der Waals surface area contributed by atoms with E-state index >= 15 is 0 Å². The summed E-state index contributed by atoms with van der Waals surface area (Å²) in [7, 11) is 0. The molecule has 3 amide bonds. The van der Waals surface area contributed by atoms with Crippen LogP contribution in [0.15, 0.2) is 24.3 Å². The Morgan fingerprint density at radius 3 is 2.45 bits per heavy atom. The first kappa shape index (κ1) is 23.1. The van der Waals surface area contributed by atoms with Crippen LogP contribution in [0.4, 0.5) is 5.13 Å². The summed E-state index contributed by atoms with van der Waals surface area (Å²) in [6.07, 6.45) is 3.22. The molecule has 1 aromatic heterocycles. The Labute approximate surface area is 186 Å². The molecule has 2 aromatic rings. The summed E-state index contributed by atoms with van der Waals surface area (Å²) in [6, 6.07) is 7.86. The normalized spacial score (nSPS) is 15.0. The van der Waals surface area contributed by atoms with Crippen molar-refractivity contribution in [2.45, 2.75) is 32.6 Å². The Kier molecular flexibility index (Phi) is 8.74. The summed E-state index contributed by atoms with van der Waals surface area (Å²) in [5, 5.41) is 3.57. The summed E-state index contributed by atoms with van der Waals surface area (Å²) < 4.78 is 1.07. The number of para-hydroxylation sites is 1. The third kappa shape index (κ3) is 7.89. The minimum absolute atomic E-state index is 0.0231. The van der Waals surface area contributed by atoms with Crippen LogP contribution in [0.1, 0.15) is 32.6 Å². The van der Waals surface area contributed by atoms with Gasteiger partial charge in [-0.25, -0.2) is 4.98 Å². The van der Waals surface area contributed by atoms with E-state index in [1.807, 2.05) is 24.3 Å². The average molecular weight is 447 g/mol. The monoisotopic (exact) mass is 446 g/mol. The molecule has 3 rings (SSSR count). The lowest BCUT2D eigenvalue weighted by Gasteiger charge is -2.34. The van der Waals surface area contributed by atoms with Crippen LogP contribution in [0.25, 0.3) is 10.2 Å². The average Bonchev–Trinajstić information content (AvgIpc) is 3.15. The number of rotatable bonds is 9. The van der Waals surface area contributed by atoms with Crippen molar-refractivity contribution in [1.82, 2.24) is 25.6 Å². The first-order valence-electron chi connectivity index (χ1n) is 10.6. The number of carbonyl (C=O) groups is 3. The number of unbranched alkanes of at least 4 members (excludes halogenated alkanes) is 2. The molecule has 0 radical (unpaired) electrons. The van der Waals surface area contributed by atoms with Crippen molar-refractivity contribution in [3.8, 4) is 0 Å². The molecule has 1 aliphatic heterocycles. The number of benzene rings is 1. The second kappa shape index (κ2) is 11.7. The van der Waals surface area contributed by atoms with Gasteiger partial charge in [-0.1, -0.05) is 29.9 Å². The molecular formula is C21H30N6O3S. The number of fused-ring (bicyclic) bond motifs is 1. The van der Waals surface area contributed by atoms with E-state index in [4.69, 9.17) is 0 Å². The van der Waals surface area contributed by atoms with Gasteiger partial charge in [0.05, 0.1) is 16.8 Å². The third-order valence-electron chi connectivity index (χ3n) is 5.13. The fourth-order valence-electron chi connectivity index (χ4n) is 3.48. The number of hydrazine groups is 1. The number of anilines is 1. The standard InChI is InChI=1S/C21H30N6O3S/c1-16(28)24-25-19(29)9-3-2-6-10-26-11-13-27(14-12-26)15-20(30)23-21-22-17-7-4-5-8-18(17)31-21/h4-5,7-8H,2-3,6,9-15H2,1H3,(H,24,28)(H,25,29)(H,22,23,30). The highest BCUT2D eigenvalue weighted by Crippen LogP contribution is 2.25. The van der Waals surface area contributed by atoms with Crippen molar-refractivity contribution in [2.24, 2.45) is 0 Å². The second-order valence-electron chi connectivity index (χ2n) is 7.69. The molecule has 31 heavy (non-hydrogen) atoms. The lowest BCUT2D eigenvalue weighted by Crippen LogP contribution is -2.48. The van der Waals surface area contributed by atoms with E-state index in [2.05, 4.69) is 31.0 Å². The zero-order chi connectivity index (χ0) is 22.1. The number of hydrogen-bond donors (Lipinski definition) is 3. The quantitative estimate of drug-likeness (QED) is 0.399. The molecule has 0 atom stereocenters. The maximum atomic E-state index is 12.4. The zero-order valence-corrected chi connectivity index (χ0v) is 18.7. The van der Waals surface area contributed by atoms with Crippen LogP contribution in [-0.4, -0.2) is 71.8 Å². The molecule has 9 nitrogen and oxygen atoms in total. The number of nitrogens with one attached hydrogen (secondary N) is 3. The van der Waals surface area contributed by atoms with Crippen LogP contribution < -0.4 is 16.2 Å². The molecule has 0 unspecified atom stereocenters. The lowest BCUT2D eigenvalue weighted by molar-refractivity contribution is -0.127. The number of amides is 3. The lowest BCUT2D eigenvalue weighted by atomic mass is 10.1. The summed E-state index contributed by atoms with van der Waals surface area (Å²) in [5.74, 6) is -0.459. The molecule has 1 fully saturated rings. The molecule has 1 aliphatic rings. The van der Waals surface area contributed by atoms with E-state index in [9.17, 15) is 14.4 Å². The molecule has 0 spiro atoms. The van der Waals surface area contributed by atoms with E-state index in [1.165, 1.54) is 18.3 Å². The molecule has 1 saturated heterocycles. The SMILES string of the molecule is CC(=O)NNC(=O)CCCCCN1CCN(CC(=O)Nc2nc3ccccc3s2)CC1. The highest BCUT2D eigenvalue weighted by molar-refractivity contribution is 7.22. The Hall–Kier alpha value is -2.56. The van der Waals surface area contributed by atoms with Crippen molar-refractivity contribution in [2.75, 3.05) is 44.6 Å². The van der Waals surface area contributed by atoms with Crippen molar-refractivity contribution >= 4 is 44.4 Å². The van der Waals surface area contributed by atoms with E-state index < -0.39 is 0 Å². The predicted octanol–water partition coefficient (Wildman–Crippen LogP) is 1.58. The van der Waals surface area contributed by atoms with Crippen LogP contribution in [-0.2, 0) is 14.4 Å². The predicted molar refractivity (Wildman–Crippen MR) is 122 cm³/mol. The van der Waals surface area contributed by atoms with Gasteiger partial charge in [-0.2, -0.15) is 0 Å². The van der Waals surface area contributed by atoms with Crippen molar-refractivity contribution in [3.63, 3.8) is 0 Å². The number of aromatic nitrogens is 1. The van der Waals surface area contributed by atoms with Crippen LogP contribution in [0.3, 0.4) is 0 Å². The van der Waals surface area contributed by atoms with Gasteiger partial charge in [-0.15, -0.1) is 0 Å². The molecule has 0 saturated carbocycles. The highest BCUT2D eigenvalue weighted by atomic mass is 32.1. The Morgan fingerprint density at radius 2 is 1.71 bits per heavy atom. The number of carbonyl (C=O) groups excluding carboxylic acids is 3. The van der Waals surface area contributed by atoms with Crippen molar-refractivity contribution in [1.29, 1.82) is 0 Å². The van der Waals surface area contributed by atoms with Crippen LogP contribution in [0, 0.1) is 0 Å². The van der Waals surface area contributed by atoms with Crippen LogP contribution in [0.2, 0.25) is 0 Å². The Balaban J connectivity index is 1.26. The van der Waals surface area contributed by atoms with Crippen LogP contribution in [0.5, 0.6) is 0 Å². The van der Waals surface area contributed by atoms with Gasteiger partial charge in [0.25, 0.3) is 0 Å². The van der Waals surface area contributed by atoms with E-state index in [1.54, 1.807) is 0 Å². The van der Waals surface area contributed by atoms with Crippen molar-refractivity contribution in [3.05, 3.63) is 24.3 Å². The molecule has 168 valence electrons. The first-order chi connectivity index (χ1) is 15.0. The molecule has 0 bridgehead atoms. The summed E-state index contributed by atoms with van der Waals surface area (Å²) in [4.78, 5) is 43.7. The number of piperazine rings is 1. The van der Waals surface area contributed by atoms with Crippen molar-refractivity contribution < 1.29 is 14.4 Å². The largest absolute Gasteiger partial charge is 0.301 e. The number of nitrogens with zero attached hydrogens (tertiary/aromatic N) is 3. The minimum Gasteiger partial charge on any atom is -0.301 e. The summed E-state index contributed by atoms with van der Waals surface area (Å²) in [5.41, 5.74) is 5.57. The molecule has 3 N–H and O–H groups in total. The van der Waals surface area contributed by atoms with Gasteiger partial charge < -0.3 is 10.2 Å². The third-order valence-corrected chi connectivity index (χ3v) is 6.08. The summed E-state index contributed by atoms with van der Waals surface area (Å²) >= 11 is 1.49. The molecular weight excluding hydrogens is 416 g/mol. The van der Waals surface area contributed by atoms with E-state index in [-0.39, 0.29) is 17.7 Å². The van der Waals surface area contributed by atoms with Crippen LogP contribution >= 0.6 is 11.3 Å². The van der Waals surface area contributed by atoms with Gasteiger partial charge in [0.15, 0.2) is 5.13 Å². The second-order valence-corrected chi connectivity index (χ2v) is 8.72. The maximum Gasteiger partial charge on any atom is 0.240 e. The van der Waals surface area contributed by atoms with Gasteiger partial charge >= 0.3 is 0 Å². The van der Waals surface area contributed by atoms with Gasteiger partial charge in [0, 0.05) is 39.5 Å². The smallest absolute Gasteiger partial charge is 0.240 e. The Bertz CT molecular complexity index is 861. The number of hydrogen-bond acceptors (Lipinski definition) is 7. The van der Waals surface area contributed by atoms with Gasteiger partial charge in [-0.05, 0) is 31.5 Å². The summed E-state index contributed by atoms with van der Waals surface area (Å²) in [6.45, 7) is 6.36. The number of thiazole rings is 1. The molecule has 0 aliphatic carbocycles. The fraction of sp³-hybridized carbons (Fsp3) is 0.524. The maximum absolute atomic E-state index is 12.4. The topological polar surface area (TPSA) is 107 Å². The van der Waals surface area contributed by atoms with Gasteiger partial charge in [-0.3, -0.25) is 30.1 Å². The van der Waals surface area contributed by atoms with Gasteiger partial charge in [0.2, 0.25) is 17.7 Å². The Morgan fingerprint density at radius 1 is 0.968 bits per heavy atom.